The van der Waals surface area contributed by atoms with Gasteiger partial charge in [0.15, 0.2) is 0 Å². The van der Waals surface area contributed by atoms with Crippen molar-refractivity contribution in [1.82, 2.24) is 18.9 Å². The number of rotatable bonds is 6. The molecule has 12 heteroatoms. The largest absolute Gasteiger partial charge is 0.494 e. The normalized spacial score (nSPS) is 32.7. The van der Waals surface area contributed by atoms with Crippen molar-refractivity contribution in [2.24, 2.45) is 23.0 Å². The highest BCUT2D eigenvalue weighted by Gasteiger charge is 2.68. The number of nitrogens with two attached hydrogens (primary N) is 1. The number of carbonyl (C=O) groups excluding carboxylic acids is 2. The number of nitrogens with zero attached hydrogens (tertiary/aromatic N) is 4. The van der Waals surface area contributed by atoms with E-state index in [0.29, 0.717) is 52.0 Å². The summed E-state index contributed by atoms with van der Waals surface area (Å²) in [5, 5.41) is 18.6. The van der Waals surface area contributed by atoms with Gasteiger partial charge in [-0.2, -0.15) is 0 Å². The summed E-state index contributed by atoms with van der Waals surface area (Å²) in [5.41, 5.74) is 3.15. The number of aromatic hydroxyl groups is 1. The number of hydrogen-bond donors (Lipinski definition) is 3. The van der Waals surface area contributed by atoms with Gasteiger partial charge in [0.05, 0.1) is 6.61 Å². The summed E-state index contributed by atoms with van der Waals surface area (Å²) < 4.78 is 7.91. The van der Waals surface area contributed by atoms with Crippen molar-refractivity contribution in [3.63, 3.8) is 0 Å². The van der Waals surface area contributed by atoms with E-state index in [4.69, 9.17) is 15.9 Å². The zero-order chi connectivity index (χ0) is 27.7. The molecule has 5 fully saturated rings. The molecule has 1 aromatic heterocycles. The molecular formula is C27H38N6O6. The maximum Gasteiger partial charge on any atom is 0.334 e. The van der Waals surface area contributed by atoms with Crippen LogP contribution in [0.4, 0.5) is 4.79 Å². The SMILES string of the molecule is CN1C(=O)N(C[C@@H]2CCOC2)C2(CC3(CCC(n4c(=O)c(C(=N)N)c(O)n(CC5CCC5)c4=O)CC3)C2)C1=O. The third kappa shape index (κ3) is 3.93. The molecule has 2 spiro atoms. The minimum Gasteiger partial charge on any atom is -0.494 e. The van der Waals surface area contributed by atoms with Crippen molar-refractivity contribution in [1.29, 1.82) is 5.41 Å². The molecule has 0 aromatic carbocycles. The molecule has 1 aromatic rings. The van der Waals surface area contributed by atoms with E-state index in [-0.39, 0.29) is 40.8 Å². The zero-order valence-electron chi connectivity index (χ0n) is 22.5. The number of aromatic nitrogens is 2. The molecule has 0 bridgehead atoms. The van der Waals surface area contributed by atoms with Gasteiger partial charge in [0, 0.05) is 38.7 Å². The number of carbonyl (C=O) groups is 2. The van der Waals surface area contributed by atoms with Gasteiger partial charge in [0.1, 0.15) is 16.9 Å². The fourth-order valence-corrected chi connectivity index (χ4v) is 7.79. The highest BCUT2D eigenvalue weighted by molar-refractivity contribution is 6.07. The van der Waals surface area contributed by atoms with Crippen LogP contribution in [0.2, 0.25) is 0 Å². The lowest BCUT2D eigenvalue weighted by Crippen LogP contribution is -2.64. The maximum atomic E-state index is 13.5. The van der Waals surface area contributed by atoms with Gasteiger partial charge in [-0.25, -0.2) is 9.59 Å². The van der Waals surface area contributed by atoms with Gasteiger partial charge >= 0.3 is 11.7 Å². The van der Waals surface area contributed by atoms with Crippen molar-refractivity contribution in [3.8, 4) is 5.88 Å². The van der Waals surface area contributed by atoms with Crippen LogP contribution in [0, 0.1) is 22.7 Å². The lowest BCUT2D eigenvalue weighted by Gasteiger charge is -2.58. The number of likely N-dealkylation sites (N-methyl/N-ethyl adjacent to an activating group) is 1. The first-order valence-corrected chi connectivity index (χ1v) is 14.2. The molecule has 212 valence electrons. The molecular weight excluding hydrogens is 504 g/mol. The number of imide groups is 1. The summed E-state index contributed by atoms with van der Waals surface area (Å²) in [5.74, 6) is -0.725. The van der Waals surface area contributed by atoms with Crippen molar-refractivity contribution < 1.29 is 19.4 Å². The zero-order valence-corrected chi connectivity index (χ0v) is 22.5. The van der Waals surface area contributed by atoms with Crippen LogP contribution in [-0.4, -0.2) is 74.2 Å². The van der Waals surface area contributed by atoms with Crippen LogP contribution in [0.15, 0.2) is 9.59 Å². The monoisotopic (exact) mass is 542 g/mol. The Hall–Kier alpha value is -3.15. The summed E-state index contributed by atoms with van der Waals surface area (Å²) in [4.78, 5) is 56.1. The van der Waals surface area contributed by atoms with E-state index in [1.54, 1.807) is 11.9 Å². The number of ether oxygens (including phenoxy) is 1. The van der Waals surface area contributed by atoms with Crippen LogP contribution in [0.1, 0.15) is 75.8 Å². The van der Waals surface area contributed by atoms with Crippen LogP contribution in [0.25, 0.3) is 0 Å². The first kappa shape index (κ1) is 26.1. The average Bonchev–Trinajstić information content (AvgIpc) is 3.42. The summed E-state index contributed by atoms with van der Waals surface area (Å²) in [6.07, 6.45) is 7.59. The van der Waals surface area contributed by atoms with E-state index in [1.165, 1.54) is 14.0 Å². The van der Waals surface area contributed by atoms with Gasteiger partial charge in [-0.15, -0.1) is 0 Å². The molecule has 0 unspecified atom stereocenters. The van der Waals surface area contributed by atoms with E-state index >= 15 is 0 Å². The van der Waals surface area contributed by atoms with E-state index in [0.717, 1.165) is 38.5 Å². The fourth-order valence-electron chi connectivity index (χ4n) is 7.79. The number of nitrogen functional groups attached to an aromatic ring is 1. The third-order valence-electron chi connectivity index (χ3n) is 10.2. The molecule has 3 heterocycles. The first-order chi connectivity index (χ1) is 18.6. The highest BCUT2D eigenvalue weighted by atomic mass is 16.5. The molecule has 39 heavy (non-hydrogen) atoms. The second-order valence-corrected chi connectivity index (χ2v) is 12.6. The van der Waals surface area contributed by atoms with Crippen LogP contribution in [-0.2, 0) is 16.1 Å². The molecule has 3 saturated carbocycles. The maximum absolute atomic E-state index is 13.5. The van der Waals surface area contributed by atoms with Gasteiger partial charge in [-0.3, -0.25) is 29.0 Å². The van der Waals surface area contributed by atoms with Gasteiger partial charge in [-0.1, -0.05) is 6.42 Å². The minimum absolute atomic E-state index is 0.128. The Balaban J connectivity index is 1.22. The van der Waals surface area contributed by atoms with Crippen molar-refractivity contribution >= 4 is 17.8 Å². The van der Waals surface area contributed by atoms with Crippen LogP contribution >= 0.6 is 0 Å². The predicted octanol–water partition coefficient (Wildman–Crippen LogP) is 1.36. The minimum atomic E-state index is -0.812. The summed E-state index contributed by atoms with van der Waals surface area (Å²) in [7, 11) is 1.55. The standard InChI is InChI=1S/C27H38N6O6/c1-30-23(36)27(32(24(30)37)12-17-7-10-39-13-17)14-26(15-27)8-5-18(6-9-26)33-22(35)19(20(28)29)21(34)31(25(33)38)11-16-3-2-4-16/h16-18,34H,2-15H2,1H3,(H3,28,29)/t17-,18?,26?,27?/m0/s1. The van der Waals surface area contributed by atoms with Gasteiger partial charge in [0.2, 0.25) is 5.88 Å². The Bertz CT molecular complexity index is 1320. The molecule has 5 aliphatic rings. The van der Waals surface area contributed by atoms with E-state index in [9.17, 15) is 24.3 Å². The number of amides is 3. The predicted molar refractivity (Wildman–Crippen MR) is 141 cm³/mol. The van der Waals surface area contributed by atoms with Crippen molar-refractivity contribution in [3.05, 3.63) is 26.4 Å². The average molecular weight is 543 g/mol. The van der Waals surface area contributed by atoms with Crippen molar-refractivity contribution in [2.45, 2.75) is 82.3 Å². The number of hydrogen-bond acceptors (Lipinski definition) is 7. The Labute approximate surface area is 226 Å². The lowest BCUT2D eigenvalue weighted by atomic mass is 9.51. The van der Waals surface area contributed by atoms with E-state index in [2.05, 4.69) is 0 Å². The van der Waals surface area contributed by atoms with Gasteiger partial charge < -0.3 is 20.5 Å². The Morgan fingerprint density at radius 1 is 1.05 bits per heavy atom. The molecule has 3 aliphatic carbocycles. The first-order valence-electron chi connectivity index (χ1n) is 14.2. The quantitative estimate of drug-likeness (QED) is 0.277. The summed E-state index contributed by atoms with van der Waals surface area (Å²) in [6, 6.07) is -0.622. The Morgan fingerprint density at radius 2 is 1.74 bits per heavy atom. The third-order valence-corrected chi connectivity index (χ3v) is 10.2. The summed E-state index contributed by atoms with van der Waals surface area (Å²) in [6.45, 7) is 2.10. The molecule has 2 aliphatic heterocycles. The Morgan fingerprint density at radius 3 is 2.31 bits per heavy atom. The fraction of sp³-hybridized carbons (Fsp3) is 0.741. The topological polar surface area (TPSA) is 164 Å². The smallest absolute Gasteiger partial charge is 0.334 e. The van der Waals surface area contributed by atoms with E-state index < -0.39 is 28.5 Å². The number of amidine groups is 1. The molecule has 4 N–H and O–H groups in total. The molecule has 6 rings (SSSR count). The molecule has 3 amide bonds. The highest BCUT2D eigenvalue weighted by Crippen LogP contribution is 2.62. The van der Waals surface area contributed by atoms with Crippen LogP contribution in [0.5, 0.6) is 5.88 Å². The van der Waals surface area contributed by atoms with Gasteiger partial charge in [-0.05, 0) is 69.1 Å². The van der Waals surface area contributed by atoms with Crippen LogP contribution < -0.4 is 17.0 Å². The second kappa shape index (κ2) is 9.21. The number of urea groups is 1. The van der Waals surface area contributed by atoms with E-state index in [1.807, 2.05) is 0 Å². The van der Waals surface area contributed by atoms with Crippen LogP contribution in [0.3, 0.4) is 0 Å². The summed E-state index contributed by atoms with van der Waals surface area (Å²) >= 11 is 0. The number of nitrogens with one attached hydrogen (secondary N) is 1. The second-order valence-electron chi connectivity index (χ2n) is 12.6. The lowest BCUT2D eigenvalue weighted by molar-refractivity contribution is -0.150. The van der Waals surface area contributed by atoms with Gasteiger partial charge in [0.25, 0.3) is 11.5 Å². The molecule has 1 atom stereocenters. The van der Waals surface area contributed by atoms with Crippen molar-refractivity contribution in [2.75, 3.05) is 26.8 Å². The molecule has 0 radical (unpaired) electrons. The molecule has 12 nitrogen and oxygen atoms in total. The Kier molecular flexibility index (Phi) is 6.16. The molecule has 2 saturated heterocycles.